The van der Waals surface area contributed by atoms with E-state index in [0.29, 0.717) is 11.5 Å². The van der Waals surface area contributed by atoms with E-state index in [1.165, 1.54) is 44.4 Å². The van der Waals surface area contributed by atoms with Gasteiger partial charge in [-0.2, -0.15) is 11.8 Å². The van der Waals surface area contributed by atoms with Crippen LogP contribution in [0.2, 0.25) is 0 Å². The summed E-state index contributed by atoms with van der Waals surface area (Å²) in [5, 5.41) is 3.83. The van der Waals surface area contributed by atoms with Crippen molar-refractivity contribution in [3.05, 3.63) is 0 Å². The van der Waals surface area contributed by atoms with Gasteiger partial charge in [0.15, 0.2) is 0 Å². The van der Waals surface area contributed by atoms with Crippen molar-refractivity contribution in [2.75, 3.05) is 25.2 Å². The zero-order chi connectivity index (χ0) is 13.0. The molecule has 3 heteroatoms. The predicted molar refractivity (Wildman–Crippen MR) is 80.3 cm³/mol. The Hall–Kier alpha value is 0.270. The molecule has 2 aliphatic carbocycles. The Balaban J connectivity index is 1.82. The molecule has 2 fully saturated rings. The lowest BCUT2D eigenvalue weighted by Gasteiger charge is -2.54. The van der Waals surface area contributed by atoms with Crippen molar-refractivity contribution in [1.29, 1.82) is 0 Å². The van der Waals surface area contributed by atoms with Crippen molar-refractivity contribution in [1.82, 2.24) is 5.32 Å². The second kappa shape index (κ2) is 6.62. The van der Waals surface area contributed by atoms with Crippen LogP contribution >= 0.6 is 11.8 Å². The van der Waals surface area contributed by atoms with Crippen LogP contribution in [0.25, 0.3) is 0 Å². The molecule has 1 spiro atoms. The van der Waals surface area contributed by atoms with E-state index >= 15 is 0 Å². The molecule has 18 heavy (non-hydrogen) atoms. The molecule has 106 valence electrons. The van der Waals surface area contributed by atoms with Crippen LogP contribution in [0.4, 0.5) is 0 Å². The fourth-order valence-corrected chi connectivity index (χ4v) is 4.55. The van der Waals surface area contributed by atoms with E-state index in [-0.39, 0.29) is 0 Å². The average molecular weight is 271 g/mol. The molecule has 0 aromatic carbocycles. The SMILES string of the molecule is CCOC1CC(NCC(C)CSC)C12CCCC2. The van der Waals surface area contributed by atoms with Crippen molar-refractivity contribution in [3.63, 3.8) is 0 Å². The first-order valence-electron chi connectivity index (χ1n) is 7.57. The molecule has 3 unspecified atom stereocenters. The molecule has 0 bridgehead atoms. The minimum absolute atomic E-state index is 0.495. The third kappa shape index (κ3) is 2.88. The molecule has 0 aliphatic heterocycles. The summed E-state index contributed by atoms with van der Waals surface area (Å²) in [6.45, 7) is 6.53. The number of thioether (sulfide) groups is 1. The fraction of sp³-hybridized carbons (Fsp3) is 1.00. The zero-order valence-electron chi connectivity index (χ0n) is 12.2. The van der Waals surface area contributed by atoms with Crippen LogP contribution in [0.5, 0.6) is 0 Å². The lowest BCUT2D eigenvalue weighted by atomic mass is 9.60. The summed E-state index contributed by atoms with van der Waals surface area (Å²) < 4.78 is 5.96. The minimum atomic E-state index is 0.495. The van der Waals surface area contributed by atoms with Gasteiger partial charge in [0.25, 0.3) is 0 Å². The Morgan fingerprint density at radius 3 is 2.72 bits per heavy atom. The summed E-state index contributed by atoms with van der Waals surface area (Å²) in [7, 11) is 0. The van der Waals surface area contributed by atoms with Crippen molar-refractivity contribution >= 4 is 11.8 Å². The maximum absolute atomic E-state index is 5.96. The maximum atomic E-state index is 5.96. The standard InChI is InChI=1S/C15H29NOS/c1-4-17-14-9-13(15(14)7-5-6-8-15)16-10-12(2)11-18-3/h12-14,16H,4-11H2,1-3H3. The molecule has 0 aromatic rings. The highest BCUT2D eigenvalue weighted by Gasteiger charge is 2.56. The highest BCUT2D eigenvalue weighted by atomic mass is 32.2. The molecular formula is C15H29NOS. The van der Waals surface area contributed by atoms with Crippen molar-refractivity contribution in [2.45, 2.75) is 58.1 Å². The lowest BCUT2D eigenvalue weighted by Crippen LogP contribution is -2.63. The summed E-state index contributed by atoms with van der Waals surface area (Å²) >= 11 is 1.95. The van der Waals surface area contributed by atoms with E-state index in [1.807, 2.05) is 11.8 Å². The van der Waals surface area contributed by atoms with Crippen LogP contribution in [0, 0.1) is 11.3 Å². The number of hydrogen-bond donors (Lipinski definition) is 1. The van der Waals surface area contributed by atoms with Crippen LogP contribution in [-0.2, 0) is 4.74 Å². The Bertz CT molecular complexity index is 253. The van der Waals surface area contributed by atoms with Crippen LogP contribution in [0.15, 0.2) is 0 Å². The molecular weight excluding hydrogens is 242 g/mol. The number of rotatable bonds is 7. The molecule has 2 aliphatic rings. The van der Waals surface area contributed by atoms with Gasteiger partial charge in [-0.3, -0.25) is 0 Å². The smallest absolute Gasteiger partial charge is 0.0661 e. The molecule has 2 nitrogen and oxygen atoms in total. The van der Waals surface area contributed by atoms with Gasteiger partial charge in [-0.15, -0.1) is 0 Å². The van der Waals surface area contributed by atoms with E-state index in [0.717, 1.165) is 18.6 Å². The van der Waals surface area contributed by atoms with Crippen LogP contribution in [0.1, 0.15) is 46.0 Å². The Kier molecular flexibility index (Phi) is 5.40. The van der Waals surface area contributed by atoms with Crippen molar-refractivity contribution in [3.8, 4) is 0 Å². The number of nitrogens with one attached hydrogen (secondary N) is 1. The summed E-state index contributed by atoms with van der Waals surface area (Å²) in [4.78, 5) is 0. The first-order chi connectivity index (χ1) is 8.73. The molecule has 2 rings (SSSR count). The normalized spacial score (nSPS) is 31.5. The monoisotopic (exact) mass is 271 g/mol. The Morgan fingerprint density at radius 1 is 1.39 bits per heavy atom. The predicted octanol–water partition coefficient (Wildman–Crippen LogP) is 3.31. The third-order valence-corrected chi connectivity index (χ3v) is 5.75. The zero-order valence-corrected chi connectivity index (χ0v) is 13.0. The van der Waals surface area contributed by atoms with Crippen molar-refractivity contribution < 1.29 is 4.74 Å². The summed E-state index contributed by atoms with van der Waals surface area (Å²) in [6.07, 6.45) is 9.55. The average Bonchev–Trinajstić information content (AvgIpc) is 2.85. The second-order valence-electron chi connectivity index (χ2n) is 6.14. The van der Waals surface area contributed by atoms with Gasteiger partial charge in [-0.1, -0.05) is 19.8 Å². The van der Waals surface area contributed by atoms with E-state index in [1.54, 1.807) is 0 Å². The number of ether oxygens (including phenoxy) is 1. The summed E-state index contributed by atoms with van der Waals surface area (Å²) in [5.41, 5.74) is 0.495. The van der Waals surface area contributed by atoms with Gasteiger partial charge in [-0.25, -0.2) is 0 Å². The number of hydrogen-bond acceptors (Lipinski definition) is 3. The van der Waals surface area contributed by atoms with Gasteiger partial charge in [0.05, 0.1) is 6.10 Å². The Labute approximate surface area is 117 Å². The van der Waals surface area contributed by atoms with E-state index in [9.17, 15) is 0 Å². The summed E-state index contributed by atoms with van der Waals surface area (Å²) in [5.74, 6) is 2.05. The van der Waals surface area contributed by atoms with Gasteiger partial charge < -0.3 is 10.1 Å². The fourth-order valence-electron chi connectivity index (χ4n) is 3.86. The maximum Gasteiger partial charge on any atom is 0.0661 e. The van der Waals surface area contributed by atoms with Crippen LogP contribution in [-0.4, -0.2) is 37.3 Å². The van der Waals surface area contributed by atoms with Gasteiger partial charge >= 0.3 is 0 Å². The highest BCUT2D eigenvalue weighted by Crippen LogP contribution is 2.54. The van der Waals surface area contributed by atoms with E-state index in [4.69, 9.17) is 4.74 Å². The molecule has 1 N–H and O–H groups in total. The summed E-state index contributed by atoms with van der Waals surface area (Å²) in [6, 6.07) is 0.723. The minimum Gasteiger partial charge on any atom is -0.378 e. The second-order valence-corrected chi connectivity index (χ2v) is 7.05. The molecule has 0 radical (unpaired) electrons. The van der Waals surface area contributed by atoms with Gasteiger partial charge in [0, 0.05) is 18.1 Å². The topological polar surface area (TPSA) is 21.3 Å². The highest BCUT2D eigenvalue weighted by molar-refractivity contribution is 7.98. The molecule has 3 atom stereocenters. The largest absolute Gasteiger partial charge is 0.378 e. The molecule has 2 saturated carbocycles. The van der Waals surface area contributed by atoms with Crippen molar-refractivity contribution in [2.24, 2.45) is 11.3 Å². The van der Waals surface area contributed by atoms with Gasteiger partial charge in [0.2, 0.25) is 0 Å². The Morgan fingerprint density at radius 2 is 2.11 bits per heavy atom. The van der Waals surface area contributed by atoms with Crippen LogP contribution < -0.4 is 5.32 Å². The quantitative estimate of drug-likeness (QED) is 0.767. The third-order valence-electron chi connectivity index (χ3n) is 4.85. The van der Waals surface area contributed by atoms with Crippen LogP contribution in [0.3, 0.4) is 0 Å². The lowest BCUT2D eigenvalue weighted by molar-refractivity contribution is -0.130. The molecule has 0 heterocycles. The molecule has 0 aromatic heterocycles. The van der Waals surface area contributed by atoms with E-state index in [2.05, 4.69) is 25.4 Å². The molecule has 0 amide bonds. The first-order valence-corrected chi connectivity index (χ1v) is 8.96. The van der Waals surface area contributed by atoms with Gasteiger partial charge in [0.1, 0.15) is 0 Å². The van der Waals surface area contributed by atoms with Gasteiger partial charge in [-0.05, 0) is 50.7 Å². The first kappa shape index (κ1) is 14.7. The molecule has 0 saturated heterocycles. The van der Waals surface area contributed by atoms with E-state index < -0.39 is 0 Å².